The number of hydrogen-bond acceptors (Lipinski definition) is 7. The van der Waals surface area contributed by atoms with Gasteiger partial charge >= 0.3 is 0 Å². The standard InChI is InChI=1S/C24H41N3O6/c1-4-19(28)12-9-13-22(31)18-27(16-20(29)10-5-7-14-23(32)25-2)17-21(30)11-6-8-15-24(33)26-3/h4-18H2,1-3H3,(H,25,32)(H,26,33). The molecule has 9 heteroatoms. The molecule has 0 fully saturated rings. The first-order valence-corrected chi connectivity index (χ1v) is 11.9. The molecular formula is C24H41N3O6. The van der Waals surface area contributed by atoms with Gasteiger partial charge in [0.05, 0.1) is 19.6 Å². The maximum Gasteiger partial charge on any atom is 0.219 e. The number of ketones is 4. The second-order valence-corrected chi connectivity index (χ2v) is 8.27. The van der Waals surface area contributed by atoms with Crippen LogP contribution in [0, 0.1) is 0 Å². The van der Waals surface area contributed by atoms with Crippen LogP contribution >= 0.6 is 0 Å². The number of carbonyl (C=O) groups is 6. The first-order chi connectivity index (χ1) is 15.7. The molecule has 0 saturated heterocycles. The summed E-state index contributed by atoms with van der Waals surface area (Å²) in [4.78, 5) is 72.7. The fourth-order valence-electron chi connectivity index (χ4n) is 3.28. The number of rotatable bonds is 21. The third-order valence-electron chi connectivity index (χ3n) is 5.28. The Morgan fingerprint density at radius 1 is 0.515 bits per heavy atom. The van der Waals surface area contributed by atoms with Crippen molar-refractivity contribution in [2.24, 2.45) is 0 Å². The molecule has 9 nitrogen and oxygen atoms in total. The average molecular weight is 468 g/mol. The summed E-state index contributed by atoms with van der Waals surface area (Å²) < 4.78 is 0. The van der Waals surface area contributed by atoms with Crippen LogP contribution in [0.25, 0.3) is 0 Å². The van der Waals surface area contributed by atoms with E-state index in [-0.39, 0.29) is 73.8 Å². The molecule has 0 bridgehead atoms. The zero-order valence-electron chi connectivity index (χ0n) is 20.5. The summed E-state index contributed by atoms with van der Waals surface area (Å²) in [7, 11) is 3.13. The molecule has 0 aromatic rings. The van der Waals surface area contributed by atoms with Crippen LogP contribution in [0.1, 0.15) is 84.0 Å². The molecular weight excluding hydrogens is 426 g/mol. The van der Waals surface area contributed by atoms with E-state index in [2.05, 4.69) is 10.6 Å². The Balaban J connectivity index is 4.63. The molecule has 0 rings (SSSR count). The summed E-state index contributed by atoms with van der Waals surface area (Å²) in [5, 5.41) is 5.07. The van der Waals surface area contributed by atoms with Gasteiger partial charge in [0.2, 0.25) is 11.8 Å². The second-order valence-electron chi connectivity index (χ2n) is 8.27. The van der Waals surface area contributed by atoms with Gasteiger partial charge in [-0.05, 0) is 32.1 Å². The van der Waals surface area contributed by atoms with E-state index >= 15 is 0 Å². The molecule has 0 saturated carbocycles. The maximum atomic E-state index is 12.4. The normalized spacial score (nSPS) is 10.7. The summed E-state index contributed by atoms with van der Waals surface area (Å²) in [6.07, 6.45) is 5.14. The van der Waals surface area contributed by atoms with Crippen molar-refractivity contribution in [1.29, 1.82) is 0 Å². The van der Waals surface area contributed by atoms with E-state index < -0.39 is 0 Å². The average Bonchev–Trinajstić information content (AvgIpc) is 2.78. The Labute approximate surface area is 197 Å². The van der Waals surface area contributed by atoms with Crippen molar-refractivity contribution in [3.8, 4) is 0 Å². The molecule has 0 atom stereocenters. The van der Waals surface area contributed by atoms with Gasteiger partial charge in [0.15, 0.2) is 0 Å². The maximum absolute atomic E-state index is 12.4. The lowest BCUT2D eigenvalue weighted by Crippen LogP contribution is -2.38. The molecule has 0 spiro atoms. The lowest BCUT2D eigenvalue weighted by Gasteiger charge is -2.20. The van der Waals surface area contributed by atoms with Gasteiger partial charge in [0.1, 0.15) is 23.1 Å². The van der Waals surface area contributed by atoms with Crippen LogP contribution in [0.15, 0.2) is 0 Å². The first-order valence-electron chi connectivity index (χ1n) is 11.9. The quantitative estimate of drug-likeness (QED) is 0.246. The van der Waals surface area contributed by atoms with Crippen molar-refractivity contribution in [2.45, 2.75) is 84.0 Å². The predicted octanol–water partition coefficient (Wildman–Crippen LogP) is 1.76. The molecule has 33 heavy (non-hydrogen) atoms. The van der Waals surface area contributed by atoms with E-state index in [0.717, 1.165) is 0 Å². The number of nitrogens with zero attached hydrogens (tertiary/aromatic N) is 1. The largest absolute Gasteiger partial charge is 0.359 e. The predicted molar refractivity (Wildman–Crippen MR) is 126 cm³/mol. The molecule has 0 radical (unpaired) electrons. The van der Waals surface area contributed by atoms with Crippen molar-refractivity contribution in [1.82, 2.24) is 15.5 Å². The minimum Gasteiger partial charge on any atom is -0.359 e. The smallest absolute Gasteiger partial charge is 0.219 e. The zero-order valence-corrected chi connectivity index (χ0v) is 20.5. The van der Waals surface area contributed by atoms with Crippen LogP contribution in [0.2, 0.25) is 0 Å². The number of Topliss-reactive ketones (excluding diaryl/α,β-unsaturated/α-hetero) is 4. The van der Waals surface area contributed by atoms with Crippen LogP contribution in [-0.2, 0) is 28.8 Å². The monoisotopic (exact) mass is 467 g/mol. The molecule has 0 aliphatic rings. The van der Waals surface area contributed by atoms with Gasteiger partial charge in [-0.15, -0.1) is 0 Å². The second kappa shape index (κ2) is 19.1. The topological polar surface area (TPSA) is 130 Å². The number of amides is 2. The number of carbonyl (C=O) groups excluding carboxylic acids is 6. The number of hydrogen-bond donors (Lipinski definition) is 2. The van der Waals surface area contributed by atoms with Crippen molar-refractivity contribution in [2.75, 3.05) is 33.7 Å². The fourth-order valence-corrected chi connectivity index (χ4v) is 3.28. The van der Waals surface area contributed by atoms with E-state index in [9.17, 15) is 28.8 Å². The van der Waals surface area contributed by atoms with E-state index in [0.29, 0.717) is 57.8 Å². The summed E-state index contributed by atoms with van der Waals surface area (Å²) >= 11 is 0. The van der Waals surface area contributed by atoms with Crippen molar-refractivity contribution in [3.05, 3.63) is 0 Å². The Kier molecular flexibility index (Phi) is 17.7. The molecule has 0 unspecified atom stereocenters. The third kappa shape index (κ3) is 17.8. The Bertz CT molecular complexity index is 625. The lowest BCUT2D eigenvalue weighted by atomic mass is 10.1. The third-order valence-corrected chi connectivity index (χ3v) is 5.28. The van der Waals surface area contributed by atoms with Crippen LogP contribution in [0.4, 0.5) is 0 Å². The Hall–Kier alpha value is -2.42. The first kappa shape index (κ1) is 30.6. The van der Waals surface area contributed by atoms with Crippen molar-refractivity contribution >= 4 is 34.9 Å². The molecule has 0 aromatic carbocycles. The fraction of sp³-hybridized carbons (Fsp3) is 0.750. The van der Waals surface area contributed by atoms with E-state index in [4.69, 9.17) is 0 Å². The van der Waals surface area contributed by atoms with Gasteiger partial charge < -0.3 is 10.6 Å². The van der Waals surface area contributed by atoms with Crippen LogP contribution in [-0.4, -0.2) is 73.6 Å². The van der Waals surface area contributed by atoms with Crippen molar-refractivity contribution < 1.29 is 28.8 Å². The minimum atomic E-state index is -0.0984. The molecule has 2 amide bonds. The highest BCUT2D eigenvalue weighted by atomic mass is 16.2. The van der Waals surface area contributed by atoms with Gasteiger partial charge in [0, 0.05) is 59.0 Å². The highest BCUT2D eigenvalue weighted by Crippen LogP contribution is 2.07. The van der Waals surface area contributed by atoms with Crippen LogP contribution in [0.5, 0.6) is 0 Å². The minimum absolute atomic E-state index is 0.00356. The van der Waals surface area contributed by atoms with E-state index in [1.54, 1.807) is 25.9 Å². The molecule has 2 N–H and O–H groups in total. The molecule has 188 valence electrons. The van der Waals surface area contributed by atoms with Gasteiger partial charge in [-0.25, -0.2) is 0 Å². The van der Waals surface area contributed by atoms with Gasteiger partial charge in [-0.1, -0.05) is 6.92 Å². The SMILES string of the molecule is CCC(=O)CCCC(=O)CN(CC(=O)CCCCC(=O)NC)CC(=O)CCCCC(=O)NC. The zero-order chi connectivity index (χ0) is 25.1. The van der Waals surface area contributed by atoms with Crippen LogP contribution < -0.4 is 10.6 Å². The highest BCUT2D eigenvalue weighted by Gasteiger charge is 2.18. The van der Waals surface area contributed by atoms with Gasteiger partial charge in [0.25, 0.3) is 0 Å². The summed E-state index contributed by atoms with van der Waals surface area (Å²) in [5.41, 5.74) is 0. The summed E-state index contributed by atoms with van der Waals surface area (Å²) in [5.74, 6) is -0.282. The summed E-state index contributed by atoms with van der Waals surface area (Å²) in [6.45, 7) is 1.79. The van der Waals surface area contributed by atoms with Gasteiger partial charge in [-0.3, -0.25) is 33.7 Å². The van der Waals surface area contributed by atoms with E-state index in [1.165, 1.54) is 0 Å². The van der Waals surface area contributed by atoms with E-state index in [1.807, 2.05) is 0 Å². The number of nitrogens with one attached hydrogen (secondary N) is 2. The van der Waals surface area contributed by atoms with Crippen molar-refractivity contribution in [3.63, 3.8) is 0 Å². The molecule has 0 heterocycles. The Morgan fingerprint density at radius 2 is 0.848 bits per heavy atom. The molecule has 0 aliphatic carbocycles. The lowest BCUT2D eigenvalue weighted by molar-refractivity contribution is -0.126. The summed E-state index contributed by atoms with van der Waals surface area (Å²) in [6, 6.07) is 0. The van der Waals surface area contributed by atoms with Crippen LogP contribution in [0.3, 0.4) is 0 Å². The van der Waals surface area contributed by atoms with Gasteiger partial charge in [-0.2, -0.15) is 0 Å². The Morgan fingerprint density at radius 3 is 1.21 bits per heavy atom. The highest BCUT2D eigenvalue weighted by molar-refractivity contribution is 5.86. The number of unbranched alkanes of at least 4 members (excludes halogenated alkanes) is 2. The molecule has 0 aromatic heterocycles. The molecule has 0 aliphatic heterocycles.